The Hall–Kier alpha value is -0.920. The van der Waals surface area contributed by atoms with Gasteiger partial charge in [-0.2, -0.15) is 4.31 Å². The number of nitrogens with zero attached hydrogens (tertiary/aromatic N) is 1. The highest BCUT2D eigenvalue weighted by Gasteiger charge is 2.33. The highest BCUT2D eigenvalue weighted by molar-refractivity contribution is 7.91. The quantitative estimate of drug-likeness (QED) is 0.773. The SMILES string of the molecule is CCCCCNC(=O)[C@@H]1CCCN(S(=O)(=O)c2cccs2)C1. The summed E-state index contributed by atoms with van der Waals surface area (Å²) in [6.45, 7) is 3.59. The van der Waals surface area contributed by atoms with E-state index in [0.29, 0.717) is 23.8 Å². The first-order valence-electron chi connectivity index (χ1n) is 7.87. The van der Waals surface area contributed by atoms with Crippen LogP contribution in [0.4, 0.5) is 0 Å². The number of piperidine rings is 1. The maximum atomic E-state index is 12.5. The Balaban J connectivity index is 1.93. The van der Waals surface area contributed by atoms with Crippen LogP contribution in [0.25, 0.3) is 0 Å². The summed E-state index contributed by atoms with van der Waals surface area (Å²) in [5, 5.41) is 4.69. The Morgan fingerprint density at radius 2 is 2.27 bits per heavy atom. The van der Waals surface area contributed by atoms with E-state index < -0.39 is 10.0 Å². The van der Waals surface area contributed by atoms with Gasteiger partial charge in [-0.05, 0) is 30.7 Å². The zero-order chi connectivity index (χ0) is 16.0. The summed E-state index contributed by atoms with van der Waals surface area (Å²) in [5.74, 6) is -0.243. The molecule has 1 aliphatic rings. The van der Waals surface area contributed by atoms with Crippen molar-refractivity contribution in [1.29, 1.82) is 0 Å². The number of carbonyl (C=O) groups is 1. The molecule has 1 aromatic rings. The third-order valence-electron chi connectivity index (χ3n) is 3.92. The molecule has 7 heteroatoms. The van der Waals surface area contributed by atoms with Gasteiger partial charge in [-0.25, -0.2) is 8.42 Å². The first-order chi connectivity index (χ1) is 10.6. The van der Waals surface area contributed by atoms with Gasteiger partial charge < -0.3 is 5.32 Å². The van der Waals surface area contributed by atoms with E-state index in [4.69, 9.17) is 0 Å². The molecular weight excluding hydrogens is 320 g/mol. The number of thiophene rings is 1. The molecule has 1 fully saturated rings. The molecule has 0 spiro atoms. The van der Waals surface area contributed by atoms with Crippen LogP contribution in [0.15, 0.2) is 21.7 Å². The summed E-state index contributed by atoms with van der Waals surface area (Å²) in [4.78, 5) is 12.2. The molecule has 1 amide bonds. The van der Waals surface area contributed by atoms with E-state index in [9.17, 15) is 13.2 Å². The average Bonchev–Trinajstić information content (AvgIpc) is 3.06. The Bertz CT molecular complexity index is 570. The second-order valence-corrected chi connectivity index (χ2v) is 8.74. The predicted molar refractivity (Wildman–Crippen MR) is 88.3 cm³/mol. The van der Waals surface area contributed by atoms with Crippen LogP contribution in [0.3, 0.4) is 0 Å². The minimum atomic E-state index is -3.44. The third-order valence-corrected chi connectivity index (χ3v) is 7.16. The molecule has 1 atom stereocenters. The van der Waals surface area contributed by atoms with E-state index in [0.717, 1.165) is 32.1 Å². The molecule has 0 unspecified atom stereocenters. The van der Waals surface area contributed by atoms with E-state index in [1.807, 2.05) is 0 Å². The monoisotopic (exact) mass is 344 g/mol. The number of amides is 1. The van der Waals surface area contributed by atoms with Gasteiger partial charge in [0.2, 0.25) is 5.91 Å². The number of unbranched alkanes of at least 4 members (excludes halogenated alkanes) is 2. The van der Waals surface area contributed by atoms with Crippen LogP contribution < -0.4 is 5.32 Å². The van der Waals surface area contributed by atoms with Gasteiger partial charge in [-0.1, -0.05) is 25.8 Å². The Labute approximate surface area is 136 Å². The number of hydrogen-bond acceptors (Lipinski definition) is 4. The highest BCUT2D eigenvalue weighted by Crippen LogP contribution is 2.26. The fourth-order valence-electron chi connectivity index (χ4n) is 2.64. The number of nitrogens with one attached hydrogen (secondary N) is 1. The van der Waals surface area contributed by atoms with Crippen LogP contribution in [0.2, 0.25) is 0 Å². The lowest BCUT2D eigenvalue weighted by Crippen LogP contribution is -2.45. The van der Waals surface area contributed by atoms with Gasteiger partial charge in [0.25, 0.3) is 10.0 Å². The van der Waals surface area contributed by atoms with E-state index in [1.165, 1.54) is 15.6 Å². The van der Waals surface area contributed by atoms with E-state index in [1.54, 1.807) is 17.5 Å². The summed E-state index contributed by atoms with van der Waals surface area (Å²) in [6, 6.07) is 3.36. The van der Waals surface area contributed by atoms with Crippen molar-refractivity contribution in [2.24, 2.45) is 5.92 Å². The molecule has 0 bridgehead atoms. The van der Waals surface area contributed by atoms with Crippen molar-refractivity contribution in [3.63, 3.8) is 0 Å². The van der Waals surface area contributed by atoms with Crippen LogP contribution in [0.5, 0.6) is 0 Å². The molecule has 2 rings (SSSR count). The molecule has 1 aliphatic heterocycles. The Morgan fingerprint density at radius 3 is 2.95 bits per heavy atom. The highest BCUT2D eigenvalue weighted by atomic mass is 32.2. The largest absolute Gasteiger partial charge is 0.356 e. The maximum Gasteiger partial charge on any atom is 0.252 e. The summed E-state index contributed by atoms with van der Waals surface area (Å²) in [5.41, 5.74) is 0. The Morgan fingerprint density at radius 1 is 1.45 bits per heavy atom. The van der Waals surface area contributed by atoms with Crippen LogP contribution in [0.1, 0.15) is 39.0 Å². The second kappa shape index (κ2) is 8.08. The fourth-order valence-corrected chi connectivity index (χ4v) is 5.31. The molecular formula is C15H24N2O3S2. The molecule has 1 aromatic heterocycles. The number of carbonyl (C=O) groups excluding carboxylic acids is 1. The van der Waals surface area contributed by atoms with Gasteiger partial charge in [-0.15, -0.1) is 11.3 Å². The van der Waals surface area contributed by atoms with Gasteiger partial charge >= 0.3 is 0 Å². The molecule has 22 heavy (non-hydrogen) atoms. The minimum Gasteiger partial charge on any atom is -0.356 e. The van der Waals surface area contributed by atoms with Gasteiger partial charge in [0.15, 0.2) is 0 Å². The fraction of sp³-hybridized carbons (Fsp3) is 0.667. The van der Waals surface area contributed by atoms with Crippen LogP contribution in [-0.4, -0.2) is 38.3 Å². The first-order valence-corrected chi connectivity index (χ1v) is 10.2. The van der Waals surface area contributed by atoms with Gasteiger partial charge in [0.1, 0.15) is 4.21 Å². The number of rotatable bonds is 7. The van der Waals surface area contributed by atoms with Crippen molar-refractivity contribution >= 4 is 27.3 Å². The molecule has 0 radical (unpaired) electrons. The van der Waals surface area contributed by atoms with Crippen molar-refractivity contribution in [2.75, 3.05) is 19.6 Å². The van der Waals surface area contributed by atoms with Crippen molar-refractivity contribution in [3.8, 4) is 0 Å². The third kappa shape index (κ3) is 4.30. The van der Waals surface area contributed by atoms with Crippen molar-refractivity contribution < 1.29 is 13.2 Å². The summed E-state index contributed by atoms with van der Waals surface area (Å²) >= 11 is 1.22. The van der Waals surface area contributed by atoms with E-state index in [2.05, 4.69) is 12.2 Å². The lowest BCUT2D eigenvalue weighted by molar-refractivity contribution is -0.126. The first kappa shape index (κ1) is 17.4. The smallest absolute Gasteiger partial charge is 0.252 e. The summed E-state index contributed by atoms with van der Waals surface area (Å²) < 4.78 is 26.9. The van der Waals surface area contributed by atoms with Gasteiger partial charge in [-0.3, -0.25) is 4.79 Å². The molecule has 0 saturated carbocycles. The van der Waals surface area contributed by atoms with Gasteiger partial charge in [0.05, 0.1) is 5.92 Å². The zero-order valence-corrected chi connectivity index (χ0v) is 14.6. The molecule has 124 valence electrons. The lowest BCUT2D eigenvalue weighted by Gasteiger charge is -2.30. The minimum absolute atomic E-state index is 0.0119. The summed E-state index contributed by atoms with van der Waals surface area (Å²) in [7, 11) is -3.44. The lowest BCUT2D eigenvalue weighted by atomic mass is 9.99. The van der Waals surface area contributed by atoms with Crippen LogP contribution in [0, 0.1) is 5.92 Å². The Kier molecular flexibility index (Phi) is 6.40. The average molecular weight is 345 g/mol. The molecule has 0 aromatic carbocycles. The molecule has 2 heterocycles. The topological polar surface area (TPSA) is 66.5 Å². The van der Waals surface area contributed by atoms with Crippen LogP contribution >= 0.6 is 11.3 Å². The zero-order valence-electron chi connectivity index (χ0n) is 13.0. The summed E-state index contributed by atoms with van der Waals surface area (Å²) in [6.07, 6.45) is 4.69. The number of hydrogen-bond donors (Lipinski definition) is 1. The van der Waals surface area contributed by atoms with Crippen molar-refractivity contribution in [3.05, 3.63) is 17.5 Å². The van der Waals surface area contributed by atoms with E-state index >= 15 is 0 Å². The van der Waals surface area contributed by atoms with Crippen molar-refractivity contribution in [1.82, 2.24) is 9.62 Å². The van der Waals surface area contributed by atoms with Crippen molar-refractivity contribution in [2.45, 2.75) is 43.2 Å². The van der Waals surface area contributed by atoms with E-state index in [-0.39, 0.29) is 11.8 Å². The van der Waals surface area contributed by atoms with Gasteiger partial charge in [0, 0.05) is 19.6 Å². The molecule has 1 saturated heterocycles. The standard InChI is InChI=1S/C15H24N2O3S2/c1-2-3-4-9-16-15(18)13-7-5-10-17(12-13)22(19,20)14-8-6-11-21-14/h6,8,11,13H,2-5,7,9-10,12H2,1H3,(H,16,18)/t13-/m1/s1. The maximum absolute atomic E-state index is 12.5. The van der Waals surface area contributed by atoms with Crippen LogP contribution in [-0.2, 0) is 14.8 Å². The normalized spacial score (nSPS) is 20.0. The predicted octanol–water partition coefficient (Wildman–Crippen LogP) is 2.46. The molecule has 0 aliphatic carbocycles. The number of sulfonamides is 1. The molecule has 5 nitrogen and oxygen atoms in total. The second-order valence-electron chi connectivity index (χ2n) is 5.63. The molecule has 1 N–H and O–H groups in total.